The highest BCUT2D eigenvalue weighted by Gasteiger charge is 2.27. The number of carbonyl (C=O) groups is 1. The van der Waals surface area contributed by atoms with Gasteiger partial charge in [0.1, 0.15) is 11.6 Å². The summed E-state index contributed by atoms with van der Waals surface area (Å²) in [5, 5.41) is 10.1. The number of hydrogen-bond acceptors (Lipinski definition) is 5. The largest absolute Gasteiger partial charge is 0.441 e. The highest BCUT2D eigenvalue weighted by Crippen LogP contribution is 2.38. The summed E-state index contributed by atoms with van der Waals surface area (Å²) < 4.78 is 19.4. The van der Waals surface area contributed by atoms with Gasteiger partial charge in [-0.3, -0.25) is 9.89 Å². The Balaban J connectivity index is 1.16. The molecule has 1 fully saturated rings. The number of benzene rings is 2. The zero-order chi connectivity index (χ0) is 21.2. The second-order valence-corrected chi connectivity index (χ2v) is 7.54. The van der Waals surface area contributed by atoms with E-state index in [9.17, 15) is 9.18 Å². The quantitative estimate of drug-likeness (QED) is 0.454. The first-order valence-corrected chi connectivity index (χ1v) is 10.2. The zero-order valence-electron chi connectivity index (χ0n) is 16.6. The van der Waals surface area contributed by atoms with Crippen LogP contribution in [-0.4, -0.2) is 26.1 Å². The molecule has 2 aromatic heterocycles. The third kappa shape index (κ3) is 4.37. The Hall–Kier alpha value is -3.81. The number of halogens is 1. The molecule has 8 heteroatoms. The van der Waals surface area contributed by atoms with Gasteiger partial charge in [-0.1, -0.05) is 12.1 Å². The lowest BCUT2D eigenvalue weighted by Crippen LogP contribution is -2.12. The number of nitrogens with zero attached hydrogens (tertiary/aromatic N) is 3. The fourth-order valence-corrected chi connectivity index (χ4v) is 3.30. The number of aromatic amines is 1. The van der Waals surface area contributed by atoms with Gasteiger partial charge in [0.05, 0.1) is 11.8 Å². The highest BCUT2D eigenvalue weighted by molar-refractivity contribution is 5.91. The van der Waals surface area contributed by atoms with Crippen LogP contribution in [0.3, 0.4) is 0 Å². The molecular formula is C23H20FN5O2. The molecule has 1 saturated carbocycles. The summed E-state index contributed by atoms with van der Waals surface area (Å²) in [4.78, 5) is 21.0. The number of H-pyrrole nitrogens is 1. The monoisotopic (exact) mass is 417 g/mol. The number of nitrogens with one attached hydrogen (secondary N) is 2. The van der Waals surface area contributed by atoms with Crippen LogP contribution in [0.2, 0.25) is 0 Å². The summed E-state index contributed by atoms with van der Waals surface area (Å²) in [7, 11) is 0. The van der Waals surface area contributed by atoms with Crippen molar-refractivity contribution < 1.29 is 13.6 Å². The Morgan fingerprint density at radius 3 is 2.74 bits per heavy atom. The predicted octanol–water partition coefficient (Wildman–Crippen LogP) is 4.71. The Labute approximate surface area is 177 Å². The summed E-state index contributed by atoms with van der Waals surface area (Å²) in [6, 6.07) is 13.7. The number of aromatic nitrogens is 4. The molecule has 2 aromatic carbocycles. The number of oxazole rings is 1. The molecule has 7 nitrogen and oxygen atoms in total. The molecule has 156 valence electrons. The molecule has 1 amide bonds. The van der Waals surface area contributed by atoms with Crippen LogP contribution in [0.5, 0.6) is 0 Å². The lowest BCUT2D eigenvalue weighted by Gasteiger charge is -2.05. The molecular weight excluding hydrogens is 397 g/mol. The second-order valence-electron chi connectivity index (χ2n) is 7.54. The molecule has 0 radical (unpaired) electrons. The SMILES string of the molecule is O=C(CCc1ncc(-c2ccccc2F)o1)Nc1ccc(-c2n[nH]c(C3CC3)n2)cc1. The van der Waals surface area contributed by atoms with E-state index in [0.717, 1.165) is 24.2 Å². The van der Waals surface area contributed by atoms with Gasteiger partial charge in [-0.05, 0) is 49.2 Å². The molecule has 2 N–H and O–H groups in total. The lowest BCUT2D eigenvalue weighted by atomic mass is 10.2. The first kappa shape index (κ1) is 19.2. The van der Waals surface area contributed by atoms with Crippen molar-refractivity contribution in [3.63, 3.8) is 0 Å². The van der Waals surface area contributed by atoms with Gasteiger partial charge in [-0.2, -0.15) is 5.10 Å². The fourth-order valence-electron chi connectivity index (χ4n) is 3.30. The van der Waals surface area contributed by atoms with Crippen LogP contribution in [0.4, 0.5) is 10.1 Å². The van der Waals surface area contributed by atoms with E-state index in [1.54, 1.807) is 18.2 Å². The highest BCUT2D eigenvalue weighted by atomic mass is 19.1. The number of anilines is 1. The van der Waals surface area contributed by atoms with Gasteiger partial charge >= 0.3 is 0 Å². The Bertz CT molecular complexity index is 1210. The van der Waals surface area contributed by atoms with E-state index in [4.69, 9.17) is 4.42 Å². The summed E-state index contributed by atoms with van der Waals surface area (Å²) in [6.45, 7) is 0. The maximum absolute atomic E-state index is 13.9. The molecule has 0 saturated heterocycles. The first-order chi connectivity index (χ1) is 15.2. The van der Waals surface area contributed by atoms with E-state index in [-0.39, 0.29) is 18.1 Å². The smallest absolute Gasteiger partial charge is 0.224 e. The molecule has 0 spiro atoms. The van der Waals surface area contributed by atoms with E-state index in [0.29, 0.717) is 41.1 Å². The van der Waals surface area contributed by atoms with Crippen LogP contribution in [-0.2, 0) is 11.2 Å². The molecule has 0 aliphatic heterocycles. The number of carbonyl (C=O) groups excluding carboxylic acids is 1. The maximum atomic E-state index is 13.9. The first-order valence-electron chi connectivity index (χ1n) is 10.2. The Kier molecular flexibility index (Phi) is 5.03. The van der Waals surface area contributed by atoms with Gasteiger partial charge in [0.2, 0.25) is 5.91 Å². The number of aryl methyl sites for hydroxylation is 1. The molecule has 2 heterocycles. The van der Waals surface area contributed by atoms with Crippen molar-refractivity contribution in [3.8, 4) is 22.7 Å². The summed E-state index contributed by atoms with van der Waals surface area (Å²) >= 11 is 0. The van der Waals surface area contributed by atoms with Crippen molar-refractivity contribution in [1.29, 1.82) is 0 Å². The average Bonchev–Trinajstić information content (AvgIpc) is 3.32. The van der Waals surface area contributed by atoms with Gasteiger partial charge in [-0.15, -0.1) is 0 Å². The molecule has 5 rings (SSSR count). The van der Waals surface area contributed by atoms with E-state index in [1.807, 2.05) is 24.3 Å². The fraction of sp³-hybridized carbons (Fsp3) is 0.217. The molecule has 0 atom stereocenters. The third-order valence-corrected chi connectivity index (χ3v) is 5.15. The summed E-state index contributed by atoms with van der Waals surface area (Å²) in [6.07, 6.45) is 4.32. The Morgan fingerprint density at radius 1 is 1.16 bits per heavy atom. The molecule has 0 bridgehead atoms. The average molecular weight is 417 g/mol. The minimum absolute atomic E-state index is 0.160. The van der Waals surface area contributed by atoms with Gasteiger partial charge < -0.3 is 9.73 Å². The van der Waals surface area contributed by atoms with E-state index in [1.165, 1.54) is 12.3 Å². The van der Waals surface area contributed by atoms with Gasteiger partial charge in [-0.25, -0.2) is 14.4 Å². The minimum atomic E-state index is -0.375. The standard InChI is InChI=1S/C23H20FN5O2/c24-18-4-2-1-3-17(18)19-13-25-21(31-19)12-11-20(30)26-16-9-7-15(8-10-16)23-27-22(28-29-23)14-5-6-14/h1-4,7-10,13-14H,5-6,11-12H2,(H,26,30)(H,27,28,29). The van der Waals surface area contributed by atoms with Crippen LogP contribution >= 0.6 is 0 Å². The van der Waals surface area contributed by atoms with Gasteiger partial charge in [0.25, 0.3) is 0 Å². The van der Waals surface area contributed by atoms with Crippen LogP contribution < -0.4 is 5.32 Å². The molecule has 4 aromatic rings. The summed E-state index contributed by atoms with van der Waals surface area (Å²) in [5.41, 5.74) is 1.93. The molecule has 31 heavy (non-hydrogen) atoms. The van der Waals surface area contributed by atoms with Crippen LogP contribution in [0.15, 0.2) is 59.1 Å². The maximum Gasteiger partial charge on any atom is 0.224 e. The minimum Gasteiger partial charge on any atom is -0.441 e. The lowest BCUT2D eigenvalue weighted by molar-refractivity contribution is -0.116. The third-order valence-electron chi connectivity index (χ3n) is 5.15. The van der Waals surface area contributed by atoms with Gasteiger partial charge in [0.15, 0.2) is 17.5 Å². The van der Waals surface area contributed by atoms with Crippen molar-refractivity contribution in [2.75, 3.05) is 5.32 Å². The van der Waals surface area contributed by atoms with Crippen molar-refractivity contribution in [1.82, 2.24) is 20.2 Å². The normalized spacial score (nSPS) is 13.3. The summed E-state index contributed by atoms with van der Waals surface area (Å²) in [5.74, 6) is 2.32. The Morgan fingerprint density at radius 2 is 1.97 bits per heavy atom. The van der Waals surface area contributed by atoms with Crippen LogP contribution in [0.1, 0.15) is 36.9 Å². The second kappa shape index (κ2) is 8.14. The number of hydrogen-bond donors (Lipinski definition) is 2. The van der Waals surface area contributed by atoms with Crippen molar-refractivity contribution in [3.05, 3.63) is 72.3 Å². The molecule has 1 aliphatic rings. The van der Waals surface area contributed by atoms with E-state index in [2.05, 4.69) is 25.5 Å². The zero-order valence-corrected chi connectivity index (χ0v) is 16.6. The van der Waals surface area contributed by atoms with Crippen molar-refractivity contribution >= 4 is 11.6 Å². The van der Waals surface area contributed by atoms with Crippen LogP contribution in [0, 0.1) is 5.82 Å². The number of amides is 1. The number of rotatable bonds is 7. The van der Waals surface area contributed by atoms with Crippen molar-refractivity contribution in [2.24, 2.45) is 0 Å². The van der Waals surface area contributed by atoms with Gasteiger partial charge in [0, 0.05) is 30.0 Å². The predicted molar refractivity (Wildman–Crippen MR) is 113 cm³/mol. The van der Waals surface area contributed by atoms with Crippen LogP contribution in [0.25, 0.3) is 22.7 Å². The molecule has 0 unspecified atom stereocenters. The van der Waals surface area contributed by atoms with Crippen molar-refractivity contribution in [2.45, 2.75) is 31.6 Å². The topological polar surface area (TPSA) is 96.7 Å². The molecule has 1 aliphatic carbocycles. The van der Waals surface area contributed by atoms with E-state index < -0.39 is 0 Å². The van der Waals surface area contributed by atoms with E-state index >= 15 is 0 Å².